The predicted molar refractivity (Wildman–Crippen MR) is 95.7 cm³/mol. The van der Waals surface area contributed by atoms with Crippen molar-refractivity contribution < 1.29 is 13.2 Å². The molecule has 0 fully saturated rings. The van der Waals surface area contributed by atoms with E-state index < -0.39 is 15.7 Å². The Kier molecular flexibility index (Phi) is 4.14. The molecule has 1 amide bonds. The summed E-state index contributed by atoms with van der Waals surface area (Å²) in [5, 5.41) is 8.04. The van der Waals surface area contributed by atoms with E-state index in [1.165, 1.54) is 6.08 Å². The zero-order valence-electron chi connectivity index (χ0n) is 13.0. The van der Waals surface area contributed by atoms with E-state index in [1.54, 1.807) is 0 Å². The molecule has 0 saturated carbocycles. The van der Waals surface area contributed by atoms with Gasteiger partial charge in [-0.15, -0.1) is 0 Å². The number of amides is 1. The Bertz CT molecular complexity index is 928. The molecule has 0 aromatic heterocycles. The number of aryl methyl sites for hydroxylation is 1. The van der Waals surface area contributed by atoms with Crippen molar-refractivity contribution in [1.29, 1.82) is 5.41 Å². The molecule has 1 aromatic carbocycles. The normalized spacial score (nSPS) is 19.4. The molecule has 0 aliphatic carbocycles. The fourth-order valence-electron chi connectivity index (χ4n) is 2.25. The summed E-state index contributed by atoms with van der Waals surface area (Å²) >= 11 is 0.778. The first-order valence-corrected chi connectivity index (χ1v) is 9.75. The number of hydrogen-bond donors (Lipinski definition) is 1. The number of carbonyl (C=O) groups is 1. The van der Waals surface area contributed by atoms with Gasteiger partial charge in [0.2, 0.25) is 20.2 Å². The Morgan fingerprint density at radius 1 is 1.29 bits per heavy atom. The van der Waals surface area contributed by atoms with Crippen LogP contribution in [-0.2, 0) is 21.1 Å². The van der Waals surface area contributed by atoms with E-state index in [1.807, 2.05) is 31.2 Å². The molecule has 2 heterocycles. The van der Waals surface area contributed by atoms with Gasteiger partial charge in [0, 0.05) is 6.26 Å². The molecule has 7 nitrogen and oxygen atoms in total. The van der Waals surface area contributed by atoms with Gasteiger partial charge in [0.25, 0.3) is 5.91 Å². The van der Waals surface area contributed by atoms with Crippen molar-refractivity contribution in [2.75, 3.05) is 6.26 Å². The molecule has 9 heteroatoms. The van der Waals surface area contributed by atoms with Gasteiger partial charge in [-0.3, -0.25) is 10.2 Å². The molecule has 0 atom stereocenters. The Labute approximate surface area is 143 Å². The first-order valence-electron chi connectivity index (χ1n) is 7.09. The van der Waals surface area contributed by atoms with E-state index in [9.17, 15) is 13.2 Å². The number of nitrogens with zero attached hydrogens (tertiary/aromatic N) is 3. The molecule has 124 valence electrons. The summed E-state index contributed by atoms with van der Waals surface area (Å²) in [5.74, 6) is -0.818. The van der Waals surface area contributed by atoms with Crippen LogP contribution in [0.15, 0.2) is 39.2 Å². The molecule has 1 aromatic rings. The summed E-state index contributed by atoms with van der Waals surface area (Å²) in [6.07, 6.45) is 3.44. The molecular formula is C15H14N4O3S2. The van der Waals surface area contributed by atoms with Gasteiger partial charge in [-0.05, 0) is 23.6 Å². The first kappa shape index (κ1) is 16.6. The number of rotatable bonds is 2. The zero-order valence-corrected chi connectivity index (χ0v) is 14.6. The number of aliphatic imine (C=N–C) groups is 1. The van der Waals surface area contributed by atoms with Crippen molar-refractivity contribution in [2.45, 2.75) is 13.3 Å². The van der Waals surface area contributed by atoms with Crippen LogP contribution in [0.2, 0.25) is 0 Å². The highest BCUT2D eigenvalue weighted by Gasteiger charge is 2.41. The van der Waals surface area contributed by atoms with E-state index in [2.05, 4.69) is 9.39 Å². The van der Waals surface area contributed by atoms with E-state index in [0.717, 1.165) is 40.7 Å². The smallest absolute Gasteiger partial charge is 0.283 e. The quantitative estimate of drug-likeness (QED) is 0.639. The SMILES string of the molecule is CCc1ccc(/C=C2/C(=N)N3C(=NC2=O)SN=C3S(C)(=O)=O)cc1. The molecule has 0 unspecified atom stereocenters. The minimum atomic E-state index is -3.63. The summed E-state index contributed by atoms with van der Waals surface area (Å²) in [4.78, 5) is 17.1. The van der Waals surface area contributed by atoms with Crippen LogP contribution in [0.1, 0.15) is 18.1 Å². The topological polar surface area (TPSA) is 103 Å². The van der Waals surface area contributed by atoms with Gasteiger partial charge in [0.1, 0.15) is 5.84 Å². The Balaban J connectivity index is 2.01. The molecule has 3 rings (SSSR count). The maximum absolute atomic E-state index is 12.2. The fraction of sp³-hybridized carbons (Fsp3) is 0.200. The van der Waals surface area contributed by atoms with Gasteiger partial charge in [-0.1, -0.05) is 31.2 Å². The van der Waals surface area contributed by atoms with Crippen LogP contribution >= 0.6 is 11.9 Å². The number of benzene rings is 1. The summed E-state index contributed by atoms with van der Waals surface area (Å²) in [7, 11) is -3.63. The van der Waals surface area contributed by atoms with Gasteiger partial charge in [-0.2, -0.15) is 9.39 Å². The number of hydrogen-bond acceptors (Lipinski definition) is 6. The van der Waals surface area contributed by atoms with Crippen LogP contribution in [0.5, 0.6) is 0 Å². The molecule has 0 radical (unpaired) electrons. The summed E-state index contributed by atoms with van der Waals surface area (Å²) in [6, 6.07) is 7.56. The van der Waals surface area contributed by atoms with Crippen molar-refractivity contribution in [2.24, 2.45) is 9.39 Å². The highest BCUT2D eigenvalue weighted by atomic mass is 32.2. The second-order valence-corrected chi connectivity index (χ2v) is 7.91. The number of amidine groups is 3. The minimum Gasteiger partial charge on any atom is -0.283 e. The molecule has 0 bridgehead atoms. The Hall–Kier alpha value is -2.26. The van der Waals surface area contributed by atoms with E-state index in [-0.39, 0.29) is 21.7 Å². The molecule has 2 aliphatic rings. The predicted octanol–water partition coefficient (Wildman–Crippen LogP) is 1.87. The number of nitrogens with one attached hydrogen (secondary N) is 1. The van der Waals surface area contributed by atoms with Crippen LogP contribution in [0.3, 0.4) is 0 Å². The van der Waals surface area contributed by atoms with Gasteiger partial charge >= 0.3 is 0 Å². The molecule has 2 aliphatic heterocycles. The van der Waals surface area contributed by atoms with E-state index in [4.69, 9.17) is 5.41 Å². The standard InChI is InChI=1S/C15H14N4O3S2/c1-3-9-4-6-10(7-5-9)8-11-12(16)19-14(17-13(11)20)23-18-15(19)24(2,21)22/h4-8,16H,3H2,1-2H3/b11-8-,16-12?. The maximum atomic E-state index is 12.2. The second kappa shape index (κ2) is 5.99. The van der Waals surface area contributed by atoms with Crippen LogP contribution in [-0.4, -0.2) is 41.7 Å². The monoisotopic (exact) mass is 362 g/mol. The average Bonchev–Trinajstić information content (AvgIpc) is 2.96. The largest absolute Gasteiger partial charge is 0.283 e. The molecule has 24 heavy (non-hydrogen) atoms. The van der Waals surface area contributed by atoms with Crippen molar-refractivity contribution >= 4 is 49.9 Å². The first-order chi connectivity index (χ1) is 11.3. The summed E-state index contributed by atoms with van der Waals surface area (Å²) < 4.78 is 27.4. The third-order valence-corrected chi connectivity index (χ3v) is 5.28. The fourth-order valence-corrected chi connectivity index (χ4v) is 4.10. The lowest BCUT2D eigenvalue weighted by Crippen LogP contribution is -2.45. The number of carbonyl (C=O) groups excluding carboxylic acids is 1. The minimum absolute atomic E-state index is 0.0295. The number of fused-ring (bicyclic) bond motifs is 1. The third kappa shape index (κ3) is 2.92. The van der Waals surface area contributed by atoms with Crippen molar-refractivity contribution in [3.05, 3.63) is 41.0 Å². The average molecular weight is 362 g/mol. The van der Waals surface area contributed by atoms with Gasteiger partial charge < -0.3 is 0 Å². The van der Waals surface area contributed by atoms with E-state index in [0.29, 0.717) is 0 Å². The van der Waals surface area contributed by atoms with Crippen molar-refractivity contribution in [3.63, 3.8) is 0 Å². The lowest BCUT2D eigenvalue weighted by atomic mass is 10.1. The molecule has 0 saturated heterocycles. The summed E-state index contributed by atoms with van der Waals surface area (Å²) in [6.45, 7) is 2.04. The van der Waals surface area contributed by atoms with Crippen molar-refractivity contribution in [3.8, 4) is 0 Å². The van der Waals surface area contributed by atoms with Crippen LogP contribution in [0.4, 0.5) is 0 Å². The lowest BCUT2D eigenvalue weighted by Gasteiger charge is -2.23. The van der Waals surface area contributed by atoms with Gasteiger partial charge in [-0.25, -0.2) is 13.3 Å². The van der Waals surface area contributed by atoms with E-state index >= 15 is 0 Å². The zero-order chi connectivity index (χ0) is 17.5. The van der Waals surface area contributed by atoms with Crippen molar-refractivity contribution in [1.82, 2.24) is 4.90 Å². The molecule has 1 N–H and O–H groups in total. The Morgan fingerprint density at radius 3 is 2.54 bits per heavy atom. The highest BCUT2D eigenvalue weighted by molar-refractivity contribution is 8.16. The van der Waals surface area contributed by atoms with Crippen LogP contribution < -0.4 is 0 Å². The van der Waals surface area contributed by atoms with Crippen LogP contribution in [0.25, 0.3) is 6.08 Å². The lowest BCUT2D eigenvalue weighted by molar-refractivity contribution is -0.114. The van der Waals surface area contributed by atoms with Crippen LogP contribution in [0, 0.1) is 5.41 Å². The van der Waals surface area contributed by atoms with Gasteiger partial charge in [0.15, 0.2) is 0 Å². The summed E-state index contributed by atoms with van der Waals surface area (Å²) in [5.41, 5.74) is 1.93. The highest BCUT2D eigenvalue weighted by Crippen LogP contribution is 2.29. The molecular weight excluding hydrogens is 348 g/mol. The third-order valence-electron chi connectivity index (χ3n) is 3.52. The second-order valence-electron chi connectivity index (χ2n) is 5.27. The Morgan fingerprint density at radius 2 is 1.96 bits per heavy atom. The van der Waals surface area contributed by atoms with Gasteiger partial charge in [0.05, 0.1) is 17.5 Å². The number of sulfone groups is 1. The maximum Gasteiger partial charge on any atom is 0.283 e. The molecule has 0 spiro atoms.